The molecule has 0 aromatic rings. The summed E-state index contributed by atoms with van der Waals surface area (Å²) >= 11 is 0. The summed E-state index contributed by atoms with van der Waals surface area (Å²) in [6.45, 7) is 11.2. The van der Waals surface area contributed by atoms with Crippen LogP contribution in [0.1, 0.15) is 46.5 Å². The minimum Gasteiger partial charge on any atom is -0.377 e. The third-order valence-corrected chi connectivity index (χ3v) is 4.87. The van der Waals surface area contributed by atoms with E-state index < -0.39 is 0 Å². The first-order chi connectivity index (χ1) is 8.10. The van der Waals surface area contributed by atoms with Gasteiger partial charge in [-0.3, -0.25) is 0 Å². The normalized spacial score (nSPS) is 42.2. The molecule has 2 aliphatic heterocycles. The van der Waals surface area contributed by atoms with Crippen LogP contribution >= 0.6 is 0 Å². The van der Waals surface area contributed by atoms with E-state index in [0.29, 0.717) is 11.5 Å². The van der Waals surface area contributed by atoms with E-state index in [1.54, 1.807) is 0 Å². The van der Waals surface area contributed by atoms with Gasteiger partial charge in [0.15, 0.2) is 0 Å². The van der Waals surface area contributed by atoms with Crippen molar-refractivity contribution in [2.24, 2.45) is 5.41 Å². The second kappa shape index (κ2) is 5.25. The minimum absolute atomic E-state index is 0.184. The first-order valence-electron chi connectivity index (χ1n) is 7.18. The van der Waals surface area contributed by atoms with E-state index in [-0.39, 0.29) is 5.54 Å². The summed E-state index contributed by atoms with van der Waals surface area (Å²) in [5, 5.41) is 7.34. The maximum absolute atomic E-state index is 5.70. The standard InChI is InChI=1S/C14H28N2O/c1-4-5-14(6-8-15-10-14)11-16-13(3)7-9-17-12(13)2/h12,15-16H,4-11H2,1-3H3. The highest BCUT2D eigenvalue weighted by Gasteiger charge is 2.40. The molecule has 0 aromatic heterocycles. The van der Waals surface area contributed by atoms with E-state index >= 15 is 0 Å². The monoisotopic (exact) mass is 240 g/mol. The Balaban J connectivity index is 1.91. The second-order valence-electron chi connectivity index (χ2n) is 6.21. The summed E-state index contributed by atoms with van der Waals surface area (Å²) in [7, 11) is 0. The molecule has 3 unspecified atom stereocenters. The van der Waals surface area contributed by atoms with Crippen molar-refractivity contribution in [3.8, 4) is 0 Å². The highest BCUT2D eigenvalue weighted by Crippen LogP contribution is 2.32. The number of hydrogen-bond donors (Lipinski definition) is 2. The number of rotatable bonds is 5. The smallest absolute Gasteiger partial charge is 0.0726 e. The van der Waals surface area contributed by atoms with Crippen molar-refractivity contribution in [1.82, 2.24) is 10.6 Å². The lowest BCUT2D eigenvalue weighted by Gasteiger charge is -2.36. The Bertz CT molecular complexity index is 251. The first kappa shape index (κ1) is 13.3. The SMILES string of the molecule is CCCC1(CNC2(C)CCOC2C)CCNC1. The molecule has 2 heterocycles. The molecule has 2 rings (SSSR count). The van der Waals surface area contributed by atoms with Crippen molar-refractivity contribution >= 4 is 0 Å². The van der Waals surface area contributed by atoms with Crippen LogP contribution in [0.3, 0.4) is 0 Å². The van der Waals surface area contributed by atoms with E-state index in [4.69, 9.17) is 4.74 Å². The molecule has 3 atom stereocenters. The Morgan fingerprint density at radius 1 is 1.41 bits per heavy atom. The fraction of sp³-hybridized carbons (Fsp3) is 1.00. The molecule has 0 radical (unpaired) electrons. The zero-order valence-corrected chi connectivity index (χ0v) is 11.6. The Labute approximate surface area is 106 Å². The molecule has 2 fully saturated rings. The van der Waals surface area contributed by atoms with Gasteiger partial charge in [-0.25, -0.2) is 0 Å². The van der Waals surface area contributed by atoms with E-state index in [1.165, 1.54) is 32.4 Å². The topological polar surface area (TPSA) is 33.3 Å². The summed E-state index contributed by atoms with van der Waals surface area (Å²) in [6, 6.07) is 0. The van der Waals surface area contributed by atoms with E-state index in [2.05, 4.69) is 31.4 Å². The van der Waals surface area contributed by atoms with E-state index in [1.807, 2.05) is 0 Å². The molecular weight excluding hydrogens is 212 g/mol. The predicted octanol–water partition coefficient (Wildman–Crippen LogP) is 1.92. The second-order valence-corrected chi connectivity index (χ2v) is 6.21. The van der Waals surface area contributed by atoms with Crippen molar-refractivity contribution in [2.75, 3.05) is 26.2 Å². The van der Waals surface area contributed by atoms with Crippen molar-refractivity contribution in [3.05, 3.63) is 0 Å². The summed E-state index contributed by atoms with van der Waals surface area (Å²) in [4.78, 5) is 0. The highest BCUT2D eigenvalue weighted by atomic mass is 16.5. The van der Waals surface area contributed by atoms with Gasteiger partial charge in [-0.15, -0.1) is 0 Å². The Kier molecular flexibility index (Phi) is 4.11. The summed E-state index contributed by atoms with van der Waals surface area (Å²) < 4.78 is 5.70. The number of ether oxygens (including phenoxy) is 1. The van der Waals surface area contributed by atoms with Gasteiger partial charge in [-0.2, -0.15) is 0 Å². The molecule has 3 heteroatoms. The van der Waals surface area contributed by atoms with E-state index in [0.717, 1.165) is 19.6 Å². The zero-order valence-electron chi connectivity index (χ0n) is 11.6. The van der Waals surface area contributed by atoms with Gasteiger partial charge >= 0.3 is 0 Å². The van der Waals surface area contributed by atoms with Crippen LogP contribution in [0, 0.1) is 5.41 Å². The van der Waals surface area contributed by atoms with Gasteiger partial charge in [0.05, 0.1) is 6.10 Å². The van der Waals surface area contributed by atoms with Crippen molar-refractivity contribution in [2.45, 2.75) is 58.1 Å². The van der Waals surface area contributed by atoms with Gasteiger partial charge in [0.2, 0.25) is 0 Å². The van der Waals surface area contributed by atoms with Gasteiger partial charge < -0.3 is 15.4 Å². The molecule has 0 aromatic carbocycles. The minimum atomic E-state index is 0.184. The van der Waals surface area contributed by atoms with Gasteiger partial charge in [0.25, 0.3) is 0 Å². The first-order valence-corrected chi connectivity index (χ1v) is 7.18. The molecule has 2 aliphatic rings. The van der Waals surface area contributed by atoms with Crippen LogP contribution in [0.2, 0.25) is 0 Å². The zero-order chi connectivity index (χ0) is 12.4. The van der Waals surface area contributed by atoms with Crippen LogP contribution in [-0.4, -0.2) is 37.9 Å². The molecule has 0 saturated carbocycles. The Hall–Kier alpha value is -0.120. The Morgan fingerprint density at radius 2 is 2.24 bits per heavy atom. The largest absolute Gasteiger partial charge is 0.377 e. The Morgan fingerprint density at radius 3 is 2.76 bits per heavy atom. The average molecular weight is 240 g/mol. The molecule has 0 aliphatic carbocycles. The average Bonchev–Trinajstić information content (AvgIpc) is 2.87. The van der Waals surface area contributed by atoms with E-state index in [9.17, 15) is 0 Å². The molecule has 0 amide bonds. The lowest BCUT2D eigenvalue weighted by Crippen LogP contribution is -2.52. The maximum Gasteiger partial charge on any atom is 0.0726 e. The fourth-order valence-corrected chi connectivity index (χ4v) is 3.23. The van der Waals surface area contributed by atoms with Gasteiger partial charge in [0, 0.05) is 25.2 Å². The third kappa shape index (κ3) is 2.83. The molecule has 100 valence electrons. The number of hydrogen-bond acceptors (Lipinski definition) is 3. The van der Waals surface area contributed by atoms with Crippen molar-refractivity contribution in [3.63, 3.8) is 0 Å². The van der Waals surface area contributed by atoms with Crippen LogP contribution in [0.25, 0.3) is 0 Å². The van der Waals surface area contributed by atoms with Crippen LogP contribution in [-0.2, 0) is 4.74 Å². The van der Waals surface area contributed by atoms with Crippen LogP contribution in [0.4, 0.5) is 0 Å². The molecule has 2 saturated heterocycles. The summed E-state index contributed by atoms with van der Waals surface area (Å²) in [5.74, 6) is 0. The molecule has 0 spiro atoms. The lowest BCUT2D eigenvalue weighted by molar-refractivity contribution is 0.0829. The summed E-state index contributed by atoms with van der Waals surface area (Å²) in [5.41, 5.74) is 0.670. The third-order valence-electron chi connectivity index (χ3n) is 4.87. The highest BCUT2D eigenvalue weighted by molar-refractivity contribution is 4.97. The van der Waals surface area contributed by atoms with Gasteiger partial charge in [-0.05, 0) is 45.1 Å². The molecule has 0 bridgehead atoms. The van der Waals surface area contributed by atoms with Crippen molar-refractivity contribution in [1.29, 1.82) is 0 Å². The molecular formula is C14H28N2O. The summed E-state index contributed by atoms with van der Waals surface area (Å²) in [6.07, 6.45) is 5.42. The van der Waals surface area contributed by atoms with Gasteiger partial charge in [-0.1, -0.05) is 13.3 Å². The van der Waals surface area contributed by atoms with Gasteiger partial charge in [0.1, 0.15) is 0 Å². The lowest BCUT2D eigenvalue weighted by atomic mass is 9.81. The molecule has 2 N–H and O–H groups in total. The molecule has 17 heavy (non-hydrogen) atoms. The van der Waals surface area contributed by atoms with Crippen LogP contribution in [0.15, 0.2) is 0 Å². The van der Waals surface area contributed by atoms with Crippen LogP contribution in [0.5, 0.6) is 0 Å². The fourth-order valence-electron chi connectivity index (χ4n) is 3.23. The molecule has 3 nitrogen and oxygen atoms in total. The maximum atomic E-state index is 5.70. The number of nitrogens with one attached hydrogen (secondary N) is 2. The predicted molar refractivity (Wildman–Crippen MR) is 71.3 cm³/mol. The van der Waals surface area contributed by atoms with Crippen LogP contribution < -0.4 is 10.6 Å². The van der Waals surface area contributed by atoms with Crippen molar-refractivity contribution < 1.29 is 4.74 Å². The quantitative estimate of drug-likeness (QED) is 0.770.